The summed E-state index contributed by atoms with van der Waals surface area (Å²) in [6.45, 7) is 4.93. The van der Waals surface area contributed by atoms with Crippen molar-refractivity contribution in [2.45, 2.75) is 45.6 Å². The van der Waals surface area contributed by atoms with Crippen molar-refractivity contribution in [1.29, 1.82) is 0 Å². The molecule has 2 aromatic carbocycles. The molecule has 6 nitrogen and oxygen atoms in total. The van der Waals surface area contributed by atoms with Crippen LogP contribution < -0.4 is 9.47 Å². The number of rotatable bonds is 12. The third kappa shape index (κ3) is 6.89. The molecule has 0 aromatic heterocycles. The van der Waals surface area contributed by atoms with Gasteiger partial charge in [0, 0.05) is 0 Å². The minimum absolute atomic E-state index is 0.271. The van der Waals surface area contributed by atoms with Gasteiger partial charge >= 0.3 is 5.97 Å². The van der Waals surface area contributed by atoms with Crippen molar-refractivity contribution in [2.75, 3.05) is 20.3 Å². The molecular formula is C27H30BrNO5S2. The first-order valence-corrected chi connectivity index (χ1v) is 13.9. The molecular weight excluding hydrogens is 562 g/mol. The van der Waals surface area contributed by atoms with E-state index in [2.05, 4.69) is 22.9 Å². The molecule has 0 bridgehead atoms. The number of carbonyl (C=O) groups is 2. The molecule has 1 atom stereocenters. The normalized spacial score (nSPS) is 15.3. The molecule has 2 aromatic rings. The van der Waals surface area contributed by atoms with Crippen molar-refractivity contribution in [2.24, 2.45) is 0 Å². The van der Waals surface area contributed by atoms with E-state index >= 15 is 0 Å². The van der Waals surface area contributed by atoms with E-state index in [1.807, 2.05) is 37.3 Å². The first kappa shape index (κ1) is 28.2. The molecule has 9 heteroatoms. The quantitative estimate of drug-likeness (QED) is 0.115. The molecule has 0 saturated carbocycles. The summed E-state index contributed by atoms with van der Waals surface area (Å²) in [7, 11) is 1.58. The van der Waals surface area contributed by atoms with Gasteiger partial charge < -0.3 is 14.2 Å². The summed E-state index contributed by atoms with van der Waals surface area (Å²) in [4.78, 5) is 28.2. The van der Waals surface area contributed by atoms with Crippen LogP contribution in [0.2, 0.25) is 0 Å². The fourth-order valence-electron chi connectivity index (χ4n) is 3.65. The predicted octanol–water partition coefficient (Wildman–Crippen LogP) is 6.92. The summed E-state index contributed by atoms with van der Waals surface area (Å²) in [5.41, 5.74) is 1.38. The Morgan fingerprint density at radius 1 is 1.14 bits per heavy atom. The maximum atomic E-state index is 13.5. The van der Waals surface area contributed by atoms with Crippen LogP contribution in [0.3, 0.4) is 0 Å². The van der Waals surface area contributed by atoms with Gasteiger partial charge in [0.2, 0.25) is 0 Å². The maximum absolute atomic E-state index is 13.5. The van der Waals surface area contributed by atoms with Gasteiger partial charge in [0.1, 0.15) is 4.32 Å². The summed E-state index contributed by atoms with van der Waals surface area (Å²) < 4.78 is 17.9. The Balaban J connectivity index is 1.89. The lowest BCUT2D eigenvalue weighted by atomic mass is 10.1. The van der Waals surface area contributed by atoms with Crippen molar-refractivity contribution in [1.82, 2.24) is 4.90 Å². The van der Waals surface area contributed by atoms with Gasteiger partial charge in [-0.25, -0.2) is 4.79 Å². The lowest BCUT2D eigenvalue weighted by Crippen LogP contribution is -2.38. The Labute approximate surface area is 230 Å². The van der Waals surface area contributed by atoms with Gasteiger partial charge in [-0.1, -0.05) is 81.0 Å². The molecule has 1 heterocycles. The largest absolute Gasteiger partial charge is 0.493 e. The van der Waals surface area contributed by atoms with Crippen LogP contribution in [0.15, 0.2) is 51.8 Å². The number of thiocarbonyl (C=S) groups is 1. The summed E-state index contributed by atoms with van der Waals surface area (Å²) >= 11 is 10.3. The van der Waals surface area contributed by atoms with Gasteiger partial charge in [-0.15, -0.1) is 0 Å². The molecule has 0 N–H and O–H groups in total. The number of methoxy groups -OCH3 is 1. The summed E-state index contributed by atoms with van der Waals surface area (Å²) in [6.07, 6.45) is 5.59. The average molecular weight is 593 g/mol. The summed E-state index contributed by atoms with van der Waals surface area (Å²) in [6, 6.07) is 11.8. The first-order valence-electron chi connectivity index (χ1n) is 11.9. The fourth-order valence-corrected chi connectivity index (χ4v) is 5.54. The van der Waals surface area contributed by atoms with Crippen LogP contribution in [-0.4, -0.2) is 41.4 Å². The number of amides is 1. The Bertz CT molecular complexity index is 1120. The Kier molecular flexibility index (Phi) is 10.8. The fraction of sp³-hybridized carbons (Fsp3) is 0.370. The van der Waals surface area contributed by atoms with E-state index in [-0.39, 0.29) is 12.5 Å². The topological polar surface area (TPSA) is 65.1 Å². The molecule has 192 valence electrons. The zero-order chi connectivity index (χ0) is 26.1. The van der Waals surface area contributed by atoms with Crippen molar-refractivity contribution in [3.8, 4) is 11.5 Å². The highest BCUT2D eigenvalue weighted by atomic mass is 79.9. The molecule has 1 unspecified atom stereocenters. The molecule has 1 aliphatic heterocycles. The number of ether oxygens (including phenoxy) is 3. The van der Waals surface area contributed by atoms with Gasteiger partial charge in [-0.3, -0.25) is 9.69 Å². The lowest BCUT2D eigenvalue weighted by Gasteiger charge is -2.25. The van der Waals surface area contributed by atoms with Crippen molar-refractivity contribution in [3.05, 3.63) is 63.0 Å². The maximum Gasteiger partial charge on any atom is 0.333 e. The van der Waals surface area contributed by atoms with E-state index in [4.69, 9.17) is 26.4 Å². The monoisotopic (exact) mass is 591 g/mol. The Hall–Kier alpha value is -2.36. The molecule has 1 aliphatic rings. The SMILES string of the molecule is CCCCCOc1c(Br)cc(/C=C2\SC(=S)N(C(C(=O)OCCC)c3ccccc3)C2=O)cc1OC. The third-order valence-electron chi connectivity index (χ3n) is 5.41. The molecule has 1 fully saturated rings. The molecule has 3 rings (SSSR count). The highest BCUT2D eigenvalue weighted by Crippen LogP contribution is 2.41. The van der Waals surface area contributed by atoms with Crippen LogP contribution in [0.4, 0.5) is 0 Å². The van der Waals surface area contributed by atoms with Crippen LogP contribution in [0, 0.1) is 0 Å². The standard InChI is InChI=1S/C27H30BrNO5S2/c1-4-6-10-14-33-24-20(28)15-18(16-21(24)32-3)17-22-25(30)29(27(35)36-22)23(26(31)34-13-5-2)19-11-8-7-9-12-19/h7-9,11-12,15-17,23H,4-6,10,13-14H2,1-3H3/b22-17-. The molecule has 0 spiro atoms. The van der Waals surface area contributed by atoms with E-state index in [9.17, 15) is 9.59 Å². The lowest BCUT2D eigenvalue weighted by molar-refractivity contribution is -0.151. The number of carbonyl (C=O) groups excluding carboxylic acids is 2. The number of esters is 1. The molecule has 0 radical (unpaired) electrons. The number of nitrogens with zero attached hydrogens (tertiary/aromatic N) is 1. The third-order valence-corrected chi connectivity index (χ3v) is 7.33. The van der Waals surface area contributed by atoms with E-state index in [0.717, 1.165) is 41.1 Å². The first-order chi connectivity index (χ1) is 17.4. The molecule has 1 amide bonds. The van der Waals surface area contributed by atoms with Crippen LogP contribution in [0.25, 0.3) is 6.08 Å². The highest BCUT2D eigenvalue weighted by molar-refractivity contribution is 9.10. The number of thioether (sulfide) groups is 1. The minimum atomic E-state index is -0.948. The average Bonchev–Trinajstić information content (AvgIpc) is 3.14. The highest BCUT2D eigenvalue weighted by Gasteiger charge is 2.42. The van der Waals surface area contributed by atoms with Crippen molar-refractivity contribution < 1.29 is 23.8 Å². The number of halogens is 1. The smallest absolute Gasteiger partial charge is 0.333 e. The number of hydrogen-bond donors (Lipinski definition) is 0. The zero-order valence-electron chi connectivity index (χ0n) is 20.6. The second kappa shape index (κ2) is 13.8. The van der Waals surface area contributed by atoms with E-state index in [1.54, 1.807) is 25.3 Å². The van der Waals surface area contributed by atoms with Gasteiger partial charge in [0.25, 0.3) is 5.91 Å². The number of benzene rings is 2. The Morgan fingerprint density at radius 3 is 2.56 bits per heavy atom. The van der Waals surface area contributed by atoms with Gasteiger partial charge in [-0.2, -0.15) is 0 Å². The van der Waals surface area contributed by atoms with Crippen LogP contribution >= 0.6 is 39.9 Å². The van der Waals surface area contributed by atoms with Gasteiger partial charge in [0.15, 0.2) is 17.5 Å². The second-order valence-electron chi connectivity index (χ2n) is 8.12. The van der Waals surface area contributed by atoms with E-state index in [0.29, 0.717) is 39.3 Å². The van der Waals surface area contributed by atoms with E-state index in [1.165, 1.54) is 4.90 Å². The van der Waals surface area contributed by atoms with Crippen LogP contribution in [0.1, 0.15) is 56.7 Å². The molecule has 0 aliphatic carbocycles. The second-order valence-corrected chi connectivity index (χ2v) is 10.7. The van der Waals surface area contributed by atoms with Crippen molar-refractivity contribution in [3.63, 3.8) is 0 Å². The Morgan fingerprint density at radius 2 is 1.89 bits per heavy atom. The van der Waals surface area contributed by atoms with Gasteiger partial charge in [-0.05, 0) is 58.1 Å². The van der Waals surface area contributed by atoms with E-state index < -0.39 is 12.0 Å². The minimum Gasteiger partial charge on any atom is -0.493 e. The number of unbranched alkanes of at least 4 members (excludes halogenated alkanes) is 2. The zero-order valence-corrected chi connectivity index (χ0v) is 23.8. The summed E-state index contributed by atoms with van der Waals surface area (Å²) in [5.74, 6) is 0.339. The molecule has 36 heavy (non-hydrogen) atoms. The van der Waals surface area contributed by atoms with Crippen LogP contribution in [-0.2, 0) is 14.3 Å². The van der Waals surface area contributed by atoms with Gasteiger partial charge in [0.05, 0.1) is 29.7 Å². The molecule has 1 saturated heterocycles. The number of hydrogen-bond acceptors (Lipinski definition) is 7. The predicted molar refractivity (Wildman–Crippen MR) is 151 cm³/mol. The summed E-state index contributed by atoms with van der Waals surface area (Å²) in [5, 5.41) is 0. The van der Waals surface area contributed by atoms with Crippen LogP contribution in [0.5, 0.6) is 11.5 Å². The van der Waals surface area contributed by atoms with Crippen molar-refractivity contribution >= 4 is 62.2 Å².